The summed E-state index contributed by atoms with van der Waals surface area (Å²) in [5, 5.41) is 4.96. The molecule has 1 aromatic heterocycles. The normalized spacial score (nSPS) is 15.1. The zero-order valence-corrected chi connectivity index (χ0v) is 16.2. The lowest BCUT2D eigenvalue weighted by Gasteiger charge is -2.33. The van der Waals surface area contributed by atoms with Crippen molar-refractivity contribution in [1.82, 2.24) is 14.9 Å². The molecule has 3 aromatic rings. The van der Waals surface area contributed by atoms with E-state index in [-0.39, 0.29) is 0 Å². The number of fused-ring (bicyclic) bond motifs is 1. The lowest BCUT2D eigenvalue weighted by atomic mass is 10.2. The Kier molecular flexibility index (Phi) is 5.01. The van der Waals surface area contributed by atoms with Gasteiger partial charge in [0.2, 0.25) is 5.95 Å². The predicted octanol–water partition coefficient (Wildman–Crippen LogP) is 3.79. The van der Waals surface area contributed by atoms with Gasteiger partial charge in [0.25, 0.3) is 0 Å². The van der Waals surface area contributed by atoms with E-state index in [1.165, 1.54) is 0 Å². The van der Waals surface area contributed by atoms with E-state index in [2.05, 4.69) is 33.2 Å². The first-order chi connectivity index (χ1) is 13.1. The molecule has 0 spiro atoms. The van der Waals surface area contributed by atoms with Gasteiger partial charge >= 0.3 is 0 Å². The van der Waals surface area contributed by atoms with E-state index >= 15 is 0 Å². The van der Waals surface area contributed by atoms with Crippen LogP contribution in [0.15, 0.2) is 42.5 Å². The van der Waals surface area contributed by atoms with Gasteiger partial charge in [0, 0.05) is 36.6 Å². The van der Waals surface area contributed by atoms with Crippen LogP contribution < -0.4 is 15.0 Å². The Labute approximate surface area is 163 Å². The summed E-state index contributed by atoms with van der Waals surface area (Å²) in [5.74, 6) is 2.18. The standard InChI is InChI=1S/C20H22ClN5O/c1-25-9-11-26(12-10-25)19-15-5-3-4-6-16(15)22-20(24-19)23-17-13-14(21)7-8-18(17)27-2/h3-8,13H,9-12H2,1-2H3,(H,22,23,24). The highest BCUT2D eigenvalue weighted by Crippen LogP contribution is 2.32. The van der Waals surface area contributed by atoms with Crippen LogP contribution in [0.4, 0.5) is 17.5 Å². The third-order valence-electron chi connectivity index (χ3n) is 4.79. The number of anilines is 3. The number of hydrogen-bond acceptors (Lipinski definition) is 6. The first-order valence-corrected chi connectivity index (χ1v) is 9.32. The molecule has 7 heteroatoms. The molecule has 1 fully saturated rings. The van der Waals surface area contributed by atoms with Crippen LogP contribution in [-0.4, -0.2) is 55.2 Å². The highest BCUT2D eigenvalue weighted by Gasteiger charge is 2.19. The average molecular weight is 384 g/mol. The molecule has 140 valence electrons. The van der Waals surface area contributed by atoms with Crippen molar-refractivity contribution in [1.29, 1.82) is 0 Å². The summed E-state index contributed by atoms with van der Waals surface area (Å²) in [5.41, 5.74) is 1.65. The van der Waals surface area contributed by atoms with Crippen LogP contribution in [0.2, 0.25) is 5.02 Å². The van der Waals surface area contributed by atoms with Crippen molar-refractivity contribution < 1.29 is 4.74 Å². The molecule has 6 nitrogen and oxygen atoms in total. The summed E-state index contributed by atoms with van der Waals surface area (Å²) >= 11 is 6.15. The first kappa shape index (κ1) is 17.8. The van der Waals surface area contributed by atoms with E-state index in [9.17, 15) is 0 Å². The largest absolute Gasteiger partial charge is 0.495 e. The van der Waals surface area contributed by atoms with Gasteiger partial charge in [-0.1, -0.05) is 23.7 Å². The van der Waals surface area contributed by atoms with Gasteiger partial charge in [0.15, 0.2) is 0 Å². The topological polar surface area (TPSA) is 53.5 Å². The van der Waals surface area contributed by atoms with Gasteiger partial charge in [-0.3, -0.25) is 0 Å². The Hall–Kier alpha value is -2.57. The Bertz CT molecular complexity index is 956. The number of ether oxygens (including phenoxy) is 1. The highest BCUT2D eigenvalue weighted by atomic mass is 35.5. The van der Waals surface area contributed by atoms with Crippen LogP contribution in [0.3, 0.4) is 0 Å². The molecule has 27 heavy (non-hydrogen) atoms. The molecule has 0 unspecified atom stereocenters. The number of rotatable bonds is 4. The second-order valence-corrected chi connectivity index (χ2v) is 7.08. The molecule has 2 heterocycles. The molecule has 2 aromatic carbocycles. The van der Waals surface area contributed by atoms with Crippen molar-refractivity contribution in [2.24, 2.45) is 0 Å². The zero-order valence-electron chi connectivity index (χ0n) is 15.4. The number of hydrogen-bond donors (Lipinski definition) is 1. The van der Waals surface area contributed by atoms with E-state index in [1.807, 2.05) is 30.3 Å². The third kappa shape index (κ3) is 3.77. The Morgan fingerprint density at radius 2 is 1.81 bits per heavy atom. The first-order valence-electron chi connectivity index (χ1n) is 8.95. The molecule has 0 radical (unpaired) electrons. The minimum Gasteiger partial charge on any atom is -0.495 e. The molecule has 0 aliphatic carbocycles. The van der Waals surface area contributed by atoms with Gasteiger partial charge in [-0.05, 0) is 37.4 Å². The molecule has 1 aliphatic heterocycles. The highest BCUT2D eigenvalue weighted by molar-refractivity contribution is 6.31. The zero-order chi connectivity index (χ0) is 18.8. The van der Waals surface area contributed by atoms with Crippen molar-refractivity contribution in [3.63, 3.8) is 0 Å². The smallest absolute Gasteiger partial charge is 0.229 e. The summed E-state index contributed by atoms with van der Waals surface area (Å²) in [7, 11) is 3.78. The molecule has 1 aliphatic rings. The monoisotopic (exact) mass is 383 g/mol. The van der Waals surface area contributed by atoms with Gasteiger partial charge in [0.1, 0.15) is 11.6 Å². The van der Waals surface area contributed by atoms with Gasteiger partial charge < -0.3 is 19.9 Å². The van der Waals surface area contributed by atoms with E-state index in [0.717, 1.165) is 48.6 Å². The van der Waals surface area contributed by atoms with Crippen molar-refractivity contribution in [2.45, 2.75) is 0 Å². The van der Waals surface area contributed by atoms with Crippen molar-refractivity contribution >= 4 is 40.0 Å². The maximum Gasteiger partial charge on any atom is 0.229 e. The number of piperazine rings is 1. The summed E-state index contributed by atoms with van der Waals surface area (Å²) in [4.78, 5) is 14.2. The van der Waals surface area contributed by atoms with E-state index in [1.54, 1.807) is 13.2 Å². The molecular weight excluding hydrogens is 362 g/mol. The van der Waals surface area contributed by atoms with Gasteiger partial charge in [-0.25, -0.2) is 4.98 Å². The number of halogens is 1. The number of benzene rings is 2. The molecule has 4 rings (SSSR count). The maximum absolute atomic E-state index is 6.15. The van der Waals surface area contributed by atoms with Crippen LogP contribution in [-0.2, 0) is 0 Å². The quantitative estimate of drug-likeness (QED) is 0.739. The molecule has 0 saturated carbocycles. The summed E-state index contributed by atoms with van der Waals surface area (Å²) in [6.45, 7) is 3.92. The van der Waals surface area contributed by atoms with Crippen LogP contribution in [0, 0.1) is 0 Å². The summed E-state index contributed by atoms with van der Waals surface area (Å²) < 4.78 is 5.43. The Morgan fingerprint density at radius 3 is 2.59 bits per heavy atom. The molecule has 1 N–H and O–H groups in total. The Balaban J connectivity index is 1.75. The van der Waals surface area contributed by atoms with E-state index < -0.39 is 0 Å². The summed E-state index contributed by atoms with van der Waals surface area (Å²) in [6.07, 6.45) is 0. The molecular formula is C20H22ClN5O. The number of aromatic nitrogens is 2. The maximum atomic E-state index is 6.15. The minimum atomic E-state index is 0.531. The van der Waals surface area contributed by atoms with E-state index in [4.69, 9.17) is 21.3 Å². The number of nitrogens with one attached hydrogen (secondary N) is 1. The molecule has 0 amide bonds. The van der Waals surface area contributed by atoms with Crippen molar-refractivity contribution in [3.05, 3.63) is 47.5 Å². The summed E-state index contributed by atoms with van der Waals surface area (Å²) in [6, 6.07) is 13.5. The lowest BCUT2D eigenvalue weighted by molar-refractivity contribution is 0.312. The fourth-order valence-electron chi connectivity index (χ4n) is 3.27. The number of nitrogens with zero attached hydrogens (tertiary/aromatic N) is 4. The van der Waals surface area contributed by atoms with Crippen LogP contribution >= 0.6 is 11.6 Å². The van der Waals surface area contributed by atoms with Gasteiger partial charge in [0.05, 0.1) is 18.3 Å². The van der Waals surface area contributed by atoms with Crippen molar-refractivity contribution in [3.8, 4) is 5.75 Å². The number of likely N-dealkylation sites (N-methyl/N-ethyl adjacent to an activating group) is 1. The second-order valence-electron chi connectivity index (χ2n) is 6.65. The second kappa shape index (κ2) is 7.58. The van der Waals surface area contributed by atoms with Crippen LogP contribution in [0.5, 0.6) is 5.75 Å². The fraction of sp³-hybridized carbons (Fsp3) is 0.300. The molecule has 0 atom stereocenters. The Morgan fingerprint density at radius 1 is 1.04 bits per heavy atom. The number of methoxy groups -OCH3 is 1. The lowest BCUT2D eigenvalue weighted by Crippen LogP contribution is -2.45. The van der Waals surface area contributed by atoms with E-state index in [0.29, 0.717) is 16.7 Å². The third-order valence-corrected chi connectivity index (χ3v) is 5.03. The minimum absolute atomic E-state index is 0.531. The van der Waals surface area contributed by atoms with Gasteiger partial charge in [-0.2, -0.15) is 4.98 Å². The predicted molar refractivity (Wildman–Crippen MR) is 111 cm³/mol. The van der Waals surface area contributed by atoms with Crippen LogP contribution in [0.1, 0.15) is 0 Å². The van der Waals surface area contributed by atoms with Crippen molar-refractivity contribution in [2.75, 3.05) is 50.6 Å². The fourth-order valence-corrected chi connectivity index (χ4v) is 3.45. The average Bonchev–Trinajstić information content (AvgIpc) is 2.68. The SMILES string of the molecule is COc1ccc(Cl)cc1Nc1nc(N2CCN(C)CC2)c2ccccc2n1. The molecule has 1 saturated heterocycles. The van der Waals surface area contributed by atoms with Crippen LogP contribution in [0.25, 0.3) is 10.9 Å². The number of para-hydroxylation sites is 1. The molecule has 0 bridgehead atoms. The van der Waals surface area contributed by atoms with Gasteiger partial charge in [-0.15, -0.1) is 0 Å².